The fraction of sp³-hybridized carbons (Fsp3) is 0.292. The highest BCUT2D eigenvalue weighted by molar-refractivity contribution is 7.15. The molecule has 0 bridgehead atoms. The molecule has 0 fully saturated rings. The van der Waals surface area contributed by atoms with Gasteiger partial charge in [0.1, 0.15) is 10.0 Å². The highest BCUT2D eigenvalue weighted by atomic mass is 32.1. The molecule has 0 aliphatic rings. The molecule has 2 heterocycles. The molecule has 4 rings (SSSR count). The number of nitrogens with one attached hydrogen (secondary N) is 2. The zero-order valence-corrected chi connectivity index (χ0v) is 21.7. The van der Waals surface area contributed by atoms with E-state index >= 15 is 0 Å². The van der Waals surface area contributed by atoms with E-state index in [2.05, 4.69) is 31.0 Å². The Morgan fingerprint density at radius 3 is 1.97 bits per heavy atom. The lowest BCUT2D eigenvalue weighted by molar-refractivity contribution is -0.124. The van der Waals surface area contributed by atoms with E-state index in [1.54, 1.807) is 0 Å². The van der Waals surface area contributed by atoms with Gasteiger partial charge in [-0.25, -0.2) is 17.6 Å². The first kappa shape index (κ1) is 28.5. The fourth-order valence-electron chi connectivity index (χ4n) is 3.50. The number of nitrogens with zero attached hydrogens (tertiary/aromatic N) is 4. The Kier molecular flexibility index (Phi) is 9.50. The lowest BCUT2D eigenvalue weighted by Crippen LogP contribution is -2.22. The molecule has 39 heavy (non-hydrogen) atoms. The van der Waals surface area contributed by atoms with E-state index in [9.17, 15) is 32.6 Å². The van der Waals surface area contributed by atoms with Gasteiger partial charge in [-0.05, 0) is 25.0 Å². The van der Waals surface area contributed by atoms with E-state index in [0.29, 0.717) is 23.0 Å². The van der Waals surface area contributed by atoms with Crippen LogP contribution in [0.3, 0.4) is 0 Å². The number of benzene rings is 2. The van der Waals surface area contributed by atoms with Gasteiger partial charge in [-0.2, -0.15) is 0 Å². The summed E-state index contributed by atoms with van der Waals surface area (Å²) in [6, 6.07) is 6.79. The molecule has 0 saturated carbocycles. The maximum absolute atomic E-state index is 13.8. The zero-order valence-electron chi connectivity index (χ0n) is 20.1. The molecule has 0 aliphatic heterocycles. The number of aliphatic hydroxyl groups excluding tert-OH is 2. The molecule has 2 aromatic carbocycles. The maximum atomic E-state index is 13.8. The van der Waals surface area contributed by atoms with E-state index in [0.717, 1.165) is 47.4 Å². The molecule has 15 heteroatoms. The van der Waals surface area contributed by atoms with Gasteiger partial charge in [0, 0.05) is 30.5 Å². The van der Waals surface area contributed by atoms with Crippen LogP contribution in [0.5, 0.6) is 0 Å². The van der Waals surface area contributed by atoms with Gasteiger partial charge in [0.2, 0.25) is 10.3 Å². The first-order valence-corrected chi connectivity index (χ1v) is 13.3. The Hall–Kier alpha value is -3.53. The zero-order chi connectivity index (χ0) is 27.9. The summed E-state index contributed by atoms with van der Waals surface area (Å²) in [4.78, 5) is 12.2. The molecule has 206 valence electrons. The molecule has 0 spiro atoms. The summed E-state index contributed by atoms with van der Waals surface area (Å²) in [6.07, 6.45) is -0.534. The van der Waals surface area contributed by atoms with Crippen LogP contribution in [-0.4, -0.2) is 43.1 Å². The fourth-order valence-corrected chi connectivity index (χ4v) is 5.07. The number of unbranched alkanes of at least 4 members (excludes halogenated alkanes) is 1. The van der Waals surface area contributed by atoms with Gasteiger partial charge < -0.3 is 15.5 Å². The Morgan fingerprint density at radius 2 is 1.33 bits per heavy atom. The topological polar surface area (TPSA) is 133 Å². The Morgan fingerprint density at radius 1 is 0.795 bits per heavy atom. The summed E-state index contributed by atoms with van der Waals surface area (Å²) >= 11 is 2.38. The van der Waals surface area contributed by atoms with Crippen molar-refractivity contribution in [2.75, 3.05) is 17.2 Å². The average Bonchev–Trinajstić information content (AvgIpc) is 3.57. The van der Waals surface area contributed by atoms with Crippen LogP contribution in [-0.2, 0) is 17.6 Å². The van der Waals surface area contributed by atoms with Crippen LogP contribution in [0.25, 0.3) is 0 Å². The minimum atomic E-state index is -1.91. The number of aliphatic hydroxyl groups is 2. The molecule has 2 unspecified atom stereocenters. The van der Waals surface area contributed by atoms with Gasteiger partial charge in [0.05, 0.1) is 6.10 Å². The van der Waals surface area contributed by atoms with Crippen LogP contribution in [0.1, 0.15) is 46.2 Å². The molecule has 0 radical (unpaired) electrons. The number of rotatable bonds is 12. The summed E-state index contributed by atoms with van der Waals surface area (Å²) in [7, 11) is 0. The van der Waals surface area contributed by atoms with Gasteiger partial charge in [0.15, 0.2) is 29.4 Å². The van der Waals surface area contributed by atoms with Crippen molar-refractivity contribution in [3.05, 3.63) is 80.8 Å². The molecule has 0 aliphatic carbocycles. The van der Waals surface area contributed by atoms with E-state index in [1.165, 1.54) is 29.5 Å². The summed E-state index contributed by atoms with van der Waals surface area (Å²) in [5.41, 5.74) is -0.632. The molecule has 2 atom stereocenters. The largest absolute Gasteiger partial charge is 0.386 e. The van der Waals surface area contributed by atoms with E-state index in [-0.39, 0.29) is 17.2 Å². The first-order chi connectivity index (χ1) is 18.7. The van der Waals surface area contributed by atoms with Gasteiger partial charge in [-0.1, -0.05) is 46.9 Å². The lowest BCUT2D eigenvalue weighted by Gasteiger charge is -2.12. The number of aromatic nitrogens is 4. The molecule has 2 aromatic heterocycles. The van der Waals surface area contributed by atoms with Crippen molar-refractivity contribution in [3.63, 3.8) is 0 Å². The number of carbonyl (C=O) groups excluding carboxylic acids is 1. The average molecular weight is 583 g/mol. The third-order valence-electron chi connectivity index (χ3n) is 5.51. The van der Waals surface area contributed by atoms with Crippen LogP contribution >= 0.6 is 22.7 Å². The van der Waals surface area contributed by atoms with Crippen LogP contribution in [0.4, 0.5) is 27.8 Å². The first-order valence-electron chi connectivity index (χ1n) is 11.7. The number of anilines is 2. The van der Waals surface area contributed by atoms with Crippen molar-refractivity contribution in [2.45, 2.75) is 37.9 Å². The Bertz CT molecular complexity index is 1440. The molecule has 0 saturated heterocycles. The van der Waals surface area contributed by atoms with Gasteiger partial charge in [-0.3, -0.25) is 10.1 Å². The number of amides is 1. The van der Waals surface area contributed by atoms with E-state index < -0.39 is 46.9 Å². The Labute approximate surface area is 227 Å². The van der Waals surface area contributed by atoms with Gasteiger partial charge in [-0.15, -0.1) is 20.4 Å². The van der Waals surface area contributed by atoms with Crippen molar-refractivity contribution in [1.82, 2.24) is 20.4 Å². The van der Waals surface area contributed by atoms with Crippen molar-refractivity contribution in [1.29, 1.82) is 0 Å². The minimum Gasteiger partial charge on any atom is -0.386 e. The molecular formula is C24H22F4N6O3S2. The van der Waals surface area contributed by atoms with Crippen LogP contribution in [0.2, 0.25) is 0 Å². The van der Waals surface area contributed by atoms with E-state index in [1.807, 2.05) is 0 Å². The number of aryl methyl sites for hydroxylation is 2. The third-order valence-corrected chi connectivity index (χ3v) is 7.35. The van der Waals surface area contributed by atoms with Crippen LogP contribution in [0, 0.1) is 23.3 Å². The van der Waals surface area contributed by atoms with Gasteiger partial charge in [0.25, 0.3) is 5.91 Å². The molecular weight excluding hydrogens is 560 g/mol. The summed E-state index contributed by atoms with van der Waals surface area (Å²) < 4.78 is 54.3. The minimum absolute atomic E-state index is 0.0703. The number of hydrogen-bond acceptors (Lipinski definition) is 10. The van der Waals surface area contributed by atoms with Crippen LogP contribution in [0.15, 0.2) is 36.4 Å². The Balaban J connectivity index is 1.19. The molecule has 4 N–H and O–H groups in total. The maximum Gasteiger partial charge on any atom is 0.259 e. The summed E-state index contributed by atoms with van der Waals surface area (Å²) in [5.74, 6) is -5.55. The van der Waals surface area contributed by atoms with Crippen molar-refractivity contribution < 1.29 is 32.6 Å². The molecule has 4 aromatic rings. The van der Waals surface area contributed by atoms with Gasteiger partial charge >= 0.3 is 0 Å². The highest BCUT2D eigenvalue weighted by Gasteiger charge is 2.24. The summed E-state index contributed by atoms with van der Waals surface area (Å²) in [6.45, 7) is -0.0703. The number of hydrogen-bond donors (Lipinski definition) is 4. The number of carbonyl (C=O) groups is 1. The highest BCUT2D eigenvalue weighted by Crippen LogP contribution is 2.24. The second-order valence-corrected chi connectivity index (χ2v) is 10.4. The monoisotopic (exact) mass is 582 g/mol. The summed E-state index contributed by atoms with van der Waals surface area (Å²) in [5, 5.41) is 43.2. The van der Waals surface area contributed by atoms with E-state index in [4.69, 9.17) is 0 Å². The second-order valence-electron chi connectivity index (χ2n) is 8.28. The number of halogens is 4. The molecule has 9 nitrogen and oxygen atoms in total. The normalized spacial score (nSPS) is 12.8. The smallest absolute Gasteiger partial charge is 0.259 e. The second kappa shape index (κ2) is 13.0. The third kappa shape index (κ3) is 7.32. The SMILES string of the molecule is O=C(Nc1nnc(CCCCc2nnc(NCC(O)c3cccc(F)c3F)s2)s1)C(O)c1cccc(F)c1F. The van der Waals surface area contributed by atoms with Crippen molar-refractivity contribution in [3.8, 4) is 0 Å². The predicted molar refractivity (Wildman–Crippen MR) is 136 cm³/mol. The lowest BCUT2D eigenvalue weighted by atomic mass is 10.1. The van der Waals surface area contributed by atoms with Crippen molar-refractivity contribution in [2.24, 2.45) is 0 Å². The standard InChI is InChI=1S/C24H22F4N6O3S2/c25-14-7-3-5-12(19(14)27)16(35)11-29-23-33-31-17(38-23)9-1-2-10-18-32-34-24(39-18)30-22(37)21(36)13-6-4-8-15(26)20(13)28/h3-8,16,21,35-36H,1-2,9-11H2,(H,29,33)(H,30,34,37). The van der Waals surface area contributed by atoms with Crippen molar-refractivity contribution >= 4 is 38.8 Å². The van der Waals surface area contributed by atoms with Crippen LogP contribution < -0.4 is 10.6 Å². The quantitative estimate of drug-likeness (QED) is 0.143. The predicted octanol–water partition coefficient (Wildman–Crippen LogP) is 4.33. The molecule has 1 amide bonds.